The van der Waals surface area contributed by atoms with Crippen molar-refractivity contribution < 1.29 is 15.0 Å². The monoisotopic (exact) mass is 271 g/mol. The molecule has 1 aromatic carbocycles. The van der Waals surface area contributed by atoms with Crippen LogP contribution in [0.15, 0.2) is 24.3 Å². The average molecular weight is 272 g/mol. The smallest absolute Gasteiger partial charge is 0.407 e. The van der Waals surface area contributed by atoms with Crippen molar-refractivity contribution in [1.82, 2.24) is 4.90 Å². The third-order valence-corrected chi connectivity index (χ3v) is 3.07. The van der Waals surface area contributed by atoms with Crippen LogP contribution in [0.4, 0.5) is 4.79 Å². The number of amides is 1. The molecule has 1 rings (SSSR count). The molecule has 2 atom stereocenters. The van der Waals surface area contributed by atoms with Gasteiger partial charge in [-0.2, -0.15) is 0 Å². The molecule has 4 nitrogen and oxygen atoms in total. The molecule has 18 heavy (non-hydrogen) atoms. The van der Waals surface area contributed by atoms with E-state index in [9.17, 15) is 15.0 Å². The molecule has 0 heterocycles. The molecule has 5 heteroatoms. The van der Waals surface area contributed by atoms with Gasteiger partial charge in [-0.1, -0.05) is 36.7 Å². The molecular formula is C13H18ClNO3. The molecule has 0 saturated carbocycles. The van der Waals surface area contributed by atoms with E-state index in [1.165, 1.54) is 4.90 Å². The Balaban J connectivity index is 3.16. The van der Waals surface area contributed by atoms with Gasteiger partial charge in [0, 0.05) is 11.6 Å². The van der Waals surface area contributed by atoms with E-state index in [1.807, 2.05) is 6.92 Å². The van der Waals surface area contributed by atoms with Crippen molar-refractivity contribution in [3.8, 4) is 0 Å². The molecule has 0 fully saturated rings. The van der Waals surface area contributed by atoms with E-state index in [4.69, 9.17) is 11.6 Å². The molecule has 100 valence electrons. The first-order valence-corrected chi connectivity index (χ1v) is 6.28. The lowest BCUT2D eigenvalue weighted by Gasteiger charge is -2.32. The SMILES string of the molecule is CCCN(C(=O)O)C(c1ccccc1Cl)[C@H](C)O. The number of hydrogen-bond acceptors (Lipinski definition) is 2. The Morgan fingerprint density at radius 1 is 1.44 bits per heavy atom. The molecule has 0 aliphatic carbocycles. The summed E-state index contributed by atoms with van der Waals surface area (Å²) in [7, 11) is 0. The highest BCUT2D eigenvalue weighted by atomic mass is 35.5. The van der Waals surface area contributed by atoms with E-state index in [2.05, 4.69) is 0 Å². The van der Waals surface area contributed by atoms with E-state index < -0.39 is 18.2 Å². The molecule has 0 bridgehead atoms. The van der Waals surface area contributed by atoms with Crippen LogP contribution in [0.2, 0.25) is 5.02 Å². The highest BCUT2D eigenvalue weighted by molar-refractivity contribution is 6.31. The zero-order valence-corrected chi connectivity index (χ0v) is 11.3. The predicted octanol–water partition coefficient (Wildman–Crippen LogP) is 3.15. The summed E-state index contributed by atoms with van der Waals surface area (Å²) in [5.74, 6) is 0. The molecule has 0 spiro atoms. The van der Waals surface area contributed by atoms with Gasteiger partial charge in [-0.3, -0.25) is 4.90 Å². The number of carbonyl (C=O) groups is 1. The van der Waals surface area contributed by atoms with Gasteiger partial charge in [-0.15, -0.1) is 0 Å². The Hall–Kier alpha value is -1.26. The Morgan fingerprint density at radius 2 is 2.06 bits per heavy atom. The molecule has 0 aliphatic heterocycles. The van der Waals surface area contributed by atoms with Crippen LogP contribution in [0, 0.1) is 0 Å². The number of hydrogen-bond donors (Lipinski definition) is 2. The molecule has 1 amide bonds. The maximum absolute atomic E-state index is 11.3. The van der Waals surface area contributed by atoms with Crippen molar-refractivity contribution in [2.75, 3.05) is 6.54 Å². The minimum Gasteiger partial charge on any atom is -0.465 e. The fraction of sp³-hybridized carbons (Fsp3) is 0.462. The van der Waals surface area contributed by atoms with Crippen molar-refractivity contribution in [3.05, 3.63) is 34.9 Å². The van der Waals surface area contributed by atoms with Gasteiger partial charge < -0.3 is 10.2 Å². The molecule has 0 aliphatic rings. The lowest BCUT2D eigenvalue weighted by Crippen LogP contribution is -2.39. The number of aliphatic hydroxyl groups excluding tert-OH is 1. The summed E-state index contributed by atoms with van der Waals surface area (Å²) in [5, 5.41) is 19.6. The number of halogens is 1. The molecular weight excluding hydrogens is 254 g/mol. The first-order valence-electron chi connectivity index (χ1n) is 5.91. The van der Waals surface area contributed by atoms with Crippen LogP contribution in [0.3, 0.4) is 0 Å². The molecule has 1 unspecified atom stereocenters. The maximum Gasteiger partial charge on any atom is 0.407 e. The van der Waals surface area contributed by atoms with Gasteiger partial charge in [-0.25, -0.2) is 4.79 Å². The van der Waals surface area contributed by atoms with Crippen LogP contribution >= 0.6 is 11.6 Å². The predicted molar refractivity (Wildman–Crippen MR) is 70.9 cm³/mol. The maximum atomic E-state index is 11.3. The standard InChI is InChI=1S/C13H18ClNO3/c1-3-8-15(13(17)18)12(9(2)16)10-6-4-5-7-11(10)14/h4-7,9,12,16H,3,8H2,1-2H3,(H,17,18)/t9-,12?/m0/s1. The third-order valence-electron chi connectivity index (χ3n) is 2.73. The van der Waals surface area contributed by atoms with Crippen LogP contribution in [0.1, 0.15) is 31.9 Å². The zero-order valence-electron chi connectivity index (χ0n) is 10.5. The highest BCUT2D eigenvalue weighted by Gasteiger charge is 2.29. The van der Waals surface area contributed by atoms with Crippen LogP contribution in [0.25, 0.3) is 0 Å². The highest BCUT2D eigenvalue weighted by Crippen LogP contribution is 2.30. The molecule has 0 saturated heterocycles. The normalized spacial score (nSPS) is 14.0. The van der Waals surface area contributed by atoms with E-state index in [-0.39, 0.29) is 0 Å². The van der Waals surface area contributed by atoms with Gasteiger partial charge >= 0.3 is 6.09 Å². The van der Waals surface area contributed by atoms with E-state index in [0.717, 1.165) is 0 Å². The summed E-state index contributed by atoms with van der Waals surface area (Å²) in [6, 6.07) is 6.35. The van der Waals surface area contributed by atoms with Crippen molar-refractivity contribution in [1.29, 1.82) is 0 Å². The zero-order chi connectivity index (χ0) is 13.7. The number of benzene rings is 1. The molecule has 1 aromatic rings. The molecule has 0 radical (unpaired) electrons. The lowest BCUT2D eigenvalue weighted by atomic mass is 10.0. The van der Waals surface area contributed by atoms with Crippen molar-refractivity contribution in [2.45, 2.75) is 32.4 Å². The first kappa shape index (κ1) is 14.8. The lowest BCUT2D eigenvalue weighted by molar-refractivity contribution is 0.0568. The second-order valence-corrected chi connectivity index (χ2v) is 4.59. The van der Waals surface area contributed by atoms with E-state index >= 15 is 0 Å². The van der Waals surface area contributed by atoms with Gasteiger partial charge in [0.25, 0.3) is 0 Å². The van der Waals surface area contributed by atoms with E-state index in [0.29, 0.717) is 23.6 Å². The van der Waals surface area contributed by atoms with Crippen molar-refractivity contribution >= 4 is 17.7 Å². The Bertz CT molecular complexity index is 409. The topological polar surface area (TPSA) is 60.8 Å². The van der Waals surface area contributed by atoms with Crippen LogP contribution in [-0.2, 0) is 0 Å². The molecule has 2 N–H and O–H groups in total. The van der Waals surface area contributed by atoms with Gasteiger partial charge in [0.1, 0.15) is 0 Å². The number of rotatable bonds is 5. The summed E-state index contributed by atoms with van der Waals surface area (Å²) < 4.78 is 0. The Morgan fingerprint density at radius 3 is 2.50 bits per heavy atom. The summed E-state index contributed by atoms with van der Waals surface area (Å²) in [6.45, 7) is 3.82. The summed E-state index contributed by atoms with van der Waals surface area (Å²) in [5.41, 5.74) is 0.630. The second kappa shape index (κ2) is 6.61. The number of nitrogens with zero attached hydrogens (tertiary/aromatic N) is 1. The van der Waals surface area contributed by atoms with E-state index in [1.54, 1.807) is 31.2 Å². The van der Waals surface area contributed by atoms with Gasteiger partial charge in [0.2, 0.25) is 0 Å². The van der Waals surface area contributed by atoms with Gasteiger partial charge in [-0.05, 0) is 25.0 Å². The first-order chi connectivity index (χ1) is 8.49. The fourth-order valence-electron chi connectivity index (χ4n) is 2.00. The molecule has 0 aromatic heterocycles. The van der Waals surface area contributed by atoms with Gasteiger partial charge in [0.05, 0.1) is 12.1 Å². The quantitative estimate of drug-likeness (QED) is 0.865. The summed E-state index contributed by atoms with van der Waals surface area (Å²) >= 11 is 6.08. The number of aliphatic hydroxyl groups is 1. The van der Waals surface area contributed by atoms with Crippen LogP contribution in [0.5, 0.6) is 0 Å². The second-order valence-electron chi connectivity index (χ2n) is 4.18. The van der Waals surface area contributed by atoms with Crippen molar-refractivity contribution in [3.63, 3.8) is 0 Å². The van der Waals surface area contributed by atoms with Crippen LogP contribution in [-0.4, -0.2) is 33.9 Å². The van der Waals surface area contributed by atoms with Gasteiger partial charge in [0.15, 0.2) is 0 Å². The Labute approximate surface area is 112 Å². The average Bonchev–Trinajstić information content (AvgIpc) is 2.30. The minimum absolute atomic E-state index is 0.357. The van der Waals surface area contributed by atoms with Crippen LogP contribution < -0.4 is 0 Å². The third kappa shape index (κ3) is 3.37. The summed E-state index contributed by atoms with van der Waals surface area (Å²) in [4.78, 5) is 12.5. The minimum atomic E-state index is -1.05. The van der Waals surface area contributed by atoms with Crippen molar-refractivity contribution in [2.24, 2.45) is 0 Å². The largest absolute Gasteiger partial charge is 0.465 e. The fourth-order valence-corrected chi connectivity index (χ4v) is 2.25. The Kier molecular flexibility index (Phi) is 5.44. The number of carboxylic acid groups (broad SMARTS) is 1. The summed E-state index contributed by atoms with van der Waals surface area (Å²) in [6.07, 6.45) is -1.20.